The Kier molecular flexibility index (Phi) is 8.38. The SMILES string of the molecule is COCCCN(CCOC)S(=O)(=O)c1ccc(CCN)s1. The van der Waals surface area contributed by atoms with E-state index < -0.39 is 10.0 Å². The van der Waals surface area contributed by atoms with E-state index >= 15 is 0 Å². The summed E-state index contributed by atoms with van der Waals surface area (Å²) in [6, 6.07) is 3.48. The molecule has 0 aromatic carbocycles. The Balaban J connectivity index is 2.84. The summed E-state index contributed by atoms with van der Waals surface area (Å²) < 4.78 is 37.1. The van der Waals surface area contributed by atoms with Crippen LogP contribution in [0.15, 0.2) is 16.3 Å². The smallest absolute Gasteiger partial charge is 0.252 e. The van der Waals surface area contributed by atoms with Gasteiger partial charge in [0.15, 0.2) is 0 Å². The van der Waals surface area contributed by atoms with Gasteiger partial charge in [0.25, 0.3) is 10.0 Å². The average molecular weight is 336 g/mol. The number of thiophene rings is 1. The molecule has 8 heteroatoms. The molecule has 0 aliphatic heterocycles. The van der Waals surface area contributed by atoms with Gasteiger partial charge in [0.05, 0.1) is 6.61 Å². The molecule has 1 aromatic rings. The second kappa shape index (κ2) is 9.50. The Morgan fingerprint density at radius 3 is 2.52 bits per heavy atom. The van der Waals surface area contributed by atoms with Gasteiger partial charge in [-0.25, -0.2) is 8.42 Å². The van der Waals surface area contributed by atoms with E-state index in [0.717, 1.165) is 4.88 Å². The van der Waals surface area contributed by atoms with Crippen LogP contribution in [0.25, 0.3) is 0 Å². The molecular formula is C13H24N2O4S2. The topological polar surface area (TPSA) is 81.9 Å². The van der Waals surface area contributed by atoms with Crippen molar-refractivity contribution in [3.05, 3.63) is 17.0 Å². The Bertz CT molecular complexity index is 502. The summed E-state index contributed by atoms with van der Waals surface area (Å²) in [5.74, 6) is 0. The van der Waals surface area contributed by atoms with Gasteiger partial charge < -0.3 is 15.2 Å². The zero-order valence-corrected chi connectivity index (χ0v) is 14.2. The Labute approximate surface area is 130 Å². The molecule has 0 fully saturated rings. The fraction of sp³-hybridized carbons (Fsp3) is 0.692. The van der Waals surface area contributed by atoms with Gasteiger partial charge in [-0.1, -0.05) is 0 Å². The molecule has 0 saturated heterocycles. The van der Waals surface area contributed by atoms with Crippen LogP contribution >= 0.6 is 11.3 Å². The third-order valence-electron chi connectivity index (χ3n) is 2.92. The molecule has 21 heavy (non-hydrogen) atoms. The number of nitrogens with zero attached hydrogens (tertiary/aromatic N) is 1. The van der Waals surface area contributed by atoms with E-state index in [0.29, 0.717) is 49.9 Å². The van der Waals surface area contributed by atoms with E-state index in [1.54, 1.807) is 20.3 Å². The van der Waals surface area contributed by atoms with Crippen molar-refractivity contribution in [2.24, 2.45) is 5.73 Å². The standard InChI is InChI=1S/C13H24N2O4S2/c1-18-10-3-8-15(9-11-19-2)21(16,17)13-5-4-12(20-13)6-7-14/h4-5H,3,6-11,14H2,1-2H3. The number of ether oxygens (including phenoxy) is 2. The van der Waals surface area contributed by atoms with Crippen LogP contribution in [0.5, 0.6) is 0 Å². The lowest BCUT2D eigenvalue weighted by atomic mass is 10.3. The van der Waals surface area contributed by atoms with E-state index in [1.807, 2.05) is 6.07 Å². The minimum Gasteiger partial charge on any atom is -0.385 e. The highest BCUT2D eigenvalue weighted by atomic mass is 32.2. The number of nitrogens with two attached hydrogens (primary N) is 1. The zero-order chi connectivity index (χ0) is 15.7. The molecule has 6 nitrogen and oxygen atoms in total. The summed E-state index contributed by atoms with van der Waals surface area (Å²) in [5.41, 5.74) is 5.50. The van der Waals surface area contributed by atoms with Gasteiger partial charge in [-0.3, -0.25) is 0 Å². The maximum Gasteiger partial charge on any atom is 0.252 e. The molecular weight excluding hydrogens is 312 g/mol. The highest BCUT2D eigenvalue weighted by Crippen LogP contribution is 2.25. The van der Waals surface area contributed by atoms with Gasteiger partial charge in [-0.2, -0.15) is 4.31 Å². The molecule has 1 aromatic heterocycles. The molecule has 0 amide bonds. The van der Waals surface area contributed by atoms with Crippen LogP contribution in [0.2, 0.25) is 0 Å². The molecule has 0 atom stereocenters. The van der Waals surface area contributed by atoms with Crippen molar-refractivity contribution in [3.8, 4) is 0 Å². The first-order valence-corrected chi connectivity index (χ1v) is 9.08. The first-order chi connectivity index (χ1) is 10.1. The number of sulfonamides is 1. The first kappa shape index (κ1) is 18.5. The van der Waals surface area contributed by atoms with Gasteiger partial charge >= 0.3 is 0 Å². The van der Waals surface area contributed by atoms with Crippen molar-refractivity contribution in [1.82, 2.24) is 4.31 Å². The van der Waals surface area contributed by atoms with Gasteiger partial charge in [0, 0.05) is 38.8 Å². The zero-order valence-electron chi connectivity index (χ0n) is 12.6. The van der Waals surface area contributed by atoms with Crippen molar-refractivity contribution in [2.75, 3.05) is 47.1 Å². The lowest BCUT2D eigenvalue weighted by molar-refractivity contribution is 0.164. The Morgan fingerprint density at radius 1 is 1.19 bits per heavy atom. The maximum absolute atomic E-state index is 12.7. The second-order valence-corrected chi connectivity index (χ2v) is 7.84. The van der Waals surface area contributed by atoms with Crippen molar-refractivity contribution >= 4 is 21.4 Å². The molecule has 1 heterocycles. The molecule has 0 aliphatic rings. The molecule has 0 bridgehead atoms. The summed E-state index contributed by atoms with van der Waals surface area (Å²) in [6.45, 7) is 2.17. The van der Waals surface area contributed by atoms with E-state index in [2.05, 4.69) is 0 Å². The predicted octanol–water partition coefficient (Wildman–Crippen LogP) is 0.923. The third kappa shape index (κ3) is 5.65. The van der Waals surface area contributed by atoms with Crippen molar-refractivity contribution < 1.29 is 17.9 Å². The summed E-state index contributed by atoms with van der Waals surface area (Å²) in [5, 5.41) is 0. The number of methoxy groups -OCH3 is 2. The molecule has 1 rings (SSSR count). The van der Waals surface area contributed by atoms with Crippen LogP contribution < -0.4 is 5.73 Å². The van der Waals surface area contributed by atoms with Crippen LogP contribution in [0.1, 0.15) is 11.3 Å². The summed E-state index contributed by atoms with van der Waals surface area (Å²) in [7, 11) is -0.312. The lowest BCUT2D eigenvalue weighted by Crippen LogP contribution is -2.34. The fourth-order valence-corrected chi connectivity index (χ4v) is 4.82. The summed E-state index contributed by atoms with van der Waals surface area (Å²) >= 11 is 1.28. The van der Waals surface area contributed by atoms with Gasteiger partial charge in [0.1, 0.15) is 4.21 Å². The number of hydrogen-bond donors (Lipinski definition) is 1. The number of rotatable bonds is 11. The van der Waals surface area contributed by atoms with Crippen LogP contribution in [0, 0.1) is 0 Å². The van der Waals surface area contributed by atoms with Crippen molar-refractivity contribution in [2.45, 2.75) is 17.1 Å². The van der Waals surface area contributed by atoms with E-state index in [4.69, 9.17) is 15.2 Å². The lowest BCUT2D eigenvalue weighted by Gasteiger charge is -2.20. The quantitative estimate of drug-likeness (QED) is 0.608. The molecule has 0 unspecified atom stereocenters. The molecule has 2 N–H and O–H groups in total. The molecule has 0 radical (unpaired) electrons. The van der Waals surface area contributed by atoms with Crippen LogP contribution in [-0.4, -0.2) is 59.8 Å². The van der Waals surface area contributed by atoms with E-state index in [1.165, 1.54) is 15.6 Å². The van der Waals surface area contributed by atoms with Crippen LogP contribution in [0.4, 0.5) is 0 Å². The number of hydrogen-bond acceptors (Lipinski definition) is 6. The van der Waals surface area contributed by atoms with Crippen molar-refractivity contribution in [3.63, 3.8) is 0 Å². The van der Waals surface area contributed by atoms with Crippen LogP contribution in [0.3, 0.4) is 0 Å². The monoisotopic (exact) mass is 336 g/mol. The summed E-state index contributed by atoms with van der Waals surface area (Å²) in [4.78, 5) is 0.986. The molecule has 0 spiro atoms. The summed E-state index contributed by atoms with van der Waals surface area (Å²) in [6.07, 6.45) is 1.35. The highest BCUT2D eigenvalue weighted by Gasteiger charge is 2.25. The second-order valence-electron chi connectivity index (χ2n) is 4.50. The average Bonchev–Trinajstić information content (AvgIpc) is 2.92. The third-order valence-corrected chi connectivity index (χ3v) is 6.43. The first-order valence-electron chi connectivity index (χ1n) is 6.83. The Morgan fingerprint density at radius 2 is 1.90 bits per heavy atom. The minimum absolute atomic E-state index is 0.340. The Hall–Kier alpha value is -0.510. The van der Waals surface area contributed by atoms with Crippen molar-refractivity contribution in [1.29, 1.82) is 0 Å². The van der Waals surface area contributed by atoms with E-state index in [-0.39, 0.29) is 0 Å². The molecule has 0 saturated carbocycles. The minimum atomic E-state index is -3.48. The highest BCUT2D eigenvalue weighted by molar-refractivity contribution is 7.91. The molecule has 0 aliphatic carbocycles. The van der Waals surface area contributed by atoms with Gasteiger partial charge in [-0.15, -0.1) is 11.3 Å². The van der Waals surface area contributed by atoms with Gasteiger partial charge in [0.2, 0.25) is 0 Å². The molecule has 122 valence electrons. The fourth-order valence-electron chi connectivity index (χ4n) is 1.83. The maximum atomic E-state index is 12.7. The predicted molar refractivity (Wildman–Crippen MR) is 84.2 cm³/mol. The van der Waals surface area contributed by atoms with Crippen LogP contribution in [-0.2, 0) is 25.9 Å². The van der Waals surface area contributed by atoms with Gasteiger partial charge in [-0.05, 0) is 31.5 Å². The largest absolute Gasteiger partial charge is 0.385 e. The normalized spacial score (nSPS) is 12.2. The van der Waals surface area contributed by atoms with E-state index in [9.17, 15) is 8.42 Å².